The van der Waals surface area contributed by atoms with Crippen LogP contribution in [0.15, 0.2) is 12.4 Å². The van der Waals surface area contributed by atoms with Crippen molar-refractivity contribution in [3.63, 3.8) is 0 Å². The van der Waals surface area contributed by atoms with E-state index in [4.69, 9.17) is 0 Å². The summed E-state index contributed by atoms with van der Waals surface area (Å²) in [6.45, 7) is 4.89. The van der Waals surface area contributed by atoms with E-state index >= 15 is 0 Å². The topological polar surface area (TPSA) is 34.9 Å². The van der Waals surface area contributed by atoms with Gasteiger partial charge < -0.3 is 0 Å². The summed E-state index contributed by atoms with van der Waals surface area (Å²) in [6, 6.07) is 0. The Bertz CT molecular complexity index is 291. The van der Waals surface area contributed by atoms with Crippen molar-refractivity contribution in [2.45, 2.75) is 46.1 Å². The van der Waals surface area contributed by atoms with E-state index in [1.807, 2.05) is 17.8 Å². The number of hydrogen-bond donors (Lipinski definition) is 0. The van der Waals surface area contributed by atoms with E-state index in [1.165, 1.54) is 5.56 Å². The molecule has 0 aliphatic heterocycles. The van der Waals surface area contributed by atoms with Crippen LogP contribution in [0, 0.1) is 0 Å². The minimum absolute atomic E-state index is 0.355. The molecule has 1 rings (SSSR count). The van der Waals surface area contributed by atoms with Gasteiger partial charge in [-0.15, -0.1) is 0 Å². The first kappa shape index (κ1) is 11.0. The number of hydrogen-bond acceptors (Lipinski definition) is 2. The van der Waals surface area contributed by atoms with Crippen molar-refractivity contribution in [1.82, 2.24) is 9.78 Å². The first-order valence-electron chi connectivity index (χ1n) is 5.29. The van der Waals surface area contributed by atoms with Crippen LogP contribution in [0.2, 0.25) is 0 Å². The van der Waals surface area contributed by atoms with Gasteiger partial charge in [0.25, 0.3) is 0 Å². The van der Waals surface area contributed by atoms with E-state index in [2.05, 4.69) is 18.2 Å². The SMILES string of the molecule is CCC(=O)CCCc1cnn(CC)c1. The summed E-state index contributed by atoms with van der Waals surface area (Å²) in [5.41, 5.74) is 1.23. The second-order valence-electron chi connectivity index (χ2n) is 3.45. The fraction of sp³-hybridized carbons (Fsp3) is 0.636. The van der Waals surface area contributed by atoms with Gasteiger partial charge in [-0.2, -0.15) is 5.10 Å². The lowest BCUT2D eigenvalue weighted by molar-refractivity contribution is -0.118. The second-order valence-corrected chi connectivity index (χ2v) is 3.45. The normalized spacial score (nSPS) is 10.4. The Labute approximate surface area is 85.1 Å². The summed E-state index contributed by atoms with van der Waals surface area (Å²) in [5.74, 6) is 0.355. The molecule has 0 aromatic carbocycles. The number of aromatic nitrogens is 2. The number of carbonyl (C=O) groups excluding carboxylic acids is 1. The molecule has 0 aliphatic rings. The van der Waals surface area contributed by atoms with Gasteiger partial charge in [0.2, 0.25) is 0 Å². The van der Waals surface area contributed by atoms with E-state index < -0.39 is 0 Å². The summed E-state index contributed by atoms with van der Waals surface area (Å²) in [7, 11) is 0. The molecule has 0 saturated carbocycles. The minimum atomic E-state index is 0.355. The van der Waals surface area contributed by atoms with Crippen LogP contribution in [-0.2, 0) is 17.8 Å². The van der Waals surface area contributed by atoms with Gasteiger partial charge >= 0.3 is 0 Å². The van der Waals surface area contributed by atoms with Crippen molar-refractivity contribution < 1.29 is 4.79 Å². The molecular formula is C11H18N2O. The molecule has 3 heteroatoms. The molecule has 0 N–H and O–H groups in total. The molecule has 0 amide bonds. The average Bonchev–Trinajstić information content (AvgIpc) is 2.65. The third kappa shape index (κ3) is 3.32. The molecule has 0 bridgehead atoms. The van der Waals surface area contributed by atoms with Crippen LogP contribution in [0.25, 0.3) is 0 Å². The number of nitrogens with zero attached hydrogens (tertiary/aromatic N) is 2. The van der Waals surface area contributed by atoms with Crippen LogP contribution in [-0.4, -0.2) is 15.6 Å². The van der Waals surface area contributed by atoms with Crippen LogP contribution in [0.4, 0.5) is 0 Å². The summed E-state index contributed by atoms with van der Waals surface area (Å²) < 4.78 is 1.91. The lowest BCUT2D eigenvalue weighted by Crippen LogP contribution is -1.96. The smallest absolute Gasteiger partial charge is 0.132 e. The van der Waals surface area contributed by atoms with Crippen molar-refractivity contribution >= 4 is 5.78 Å². The molecule has 0 aliphatic carbocycles. The zero-order chi connectivity index (χ0) is 10.4. The van der Waals surface area contributed by atoms with E-state index in [0.29, 0.717) is 18.6 Å². The predicted molar refractivity (Wildman–Crippen MR) is 56.1 cm³/mol. The molecule has 78 valence electrons. The first-order chi connectivity index (χ1) is 6.76. The molecule has 0 spiro atoms. The Hall–Kier alpha value is -1.12. The highest BCUT2D eigenvalue weighted by Crippen LogP contribution is 2.05. The Morgan fingerprint density at radius 1 is 1.50 bits per heavy atom. The molecular weight excluding hydrogens is 176 g/mol. The van der Waals surface area contributed by atoms with Gasteiger partial charge in [0.1, 0.15) is 5.78 Å². The van der Waals surface area contributed by atoms with Crippen LogP contribution >= 0.6 is 0 Å². The fourth-order valence-electron chi connectivity index (χ4n) is 1.37. The average molecular weight is 194 g/mol. The van der Waals surface area contributed by atoms with Crippen molar-refractivity contribution in [3.8, 4) is 0 Å². The van der Waals surface area contributed by atoms with E-state index in [9.17, 15) is 4.79 Å². The van der Waals surface area contributed by atoms with E-state index in [-0.39, 0.29) is 0 Å². The van der Waals surface area contributed by atoms with Crippen LogP contribution in [0.5, 0.6) is 0 Å². The summed E-state index contributed by atoms with van der Waals surface area (Å²) in [6.07, 6.45) is 7.21. The number of Topliss-reactive ketones (excluding diaryl/α,β-unsaturated/α-hetero) is 1. The highest BCUT2D eigenvalue weighted by Gasteiger charge is 2.00. The number of carbonyl (C=O) groups is 1. The summed E-state index contributed by atoms with van der Waals surface area (Å²) in [5, 5.41) is 4.18. The maximum atomic E-state index is 11.0. The number of rotatable bonds is 6. The maximum Gasteiger partial charge on any atom is 0.132 e. The number of aryl methyl sites for hydroxylation is 2. The van der Waals surface area contributed by atoms with Gasteiger partial charge in [-0.3, -0.25) is 9.48 Å². The lowest BCUT2D eigenvalue weighted by Gasteiger charge is -1.96. The Morgan fingerprint density at radius 2 is 2.29 bits per heavy atom. The third-order valence-electron chi connectivity index (χ3n) is 2.33. The molecule has 1 heterocycles. The first-order valence-corrected chi connectivity index (χ1v) is 5.29. The fourth-order valence-corrected chi connectivity index (χ4v) is 1.37. The van der Waals surface area contributed by atoms with Gasteiger partial charge in [0.15, 0.2) is 0 Å². The molecule has 0 unspecified atom stereocenters. The van der Waals surface area contributed by atoms with Gasteiger partial charge in [0, 0.05) is 25.6 Å². The zero-order valence-corrected chi connectivity index (χ0v) is 8.99. The second kappa shape index (κ2) is 5.58. The van der Waals surface area contributed by atoms with E-state index in [0.717, 1.165) is 19.4 Å². The summed E-state index contributed by atoms with van der Waals surface area (Å²) >= 11 is 0. The summed E-state index contributed by atoms with van der Waals surface area (Å²) in [4.78, 5) is 11.0. The standard InChI is InChI=1S/C11H18N2O/c1-3-11(14)7-5-6-10-8-12-13(4-2)9-10/h8-9H,3-7H2,1-2H3. The van der Waals surface area contributed by atoms with Gasteiger partial charge in [0.05, 0.1) is 6.20 Å². The van der Waals surface area contributed by atoms with Crippen LogP contribution in [0.1, 0.15) is 38.7 Å². The Kier molecular flexibility index (Phi) is 4.36. The quantitative estimate of drug-likeness (QED) is 0.696. The van der Waals surface area contributed by atoms with Gasteiger partial charge in [-0.25, -0.2) is 0 Å². The molecule has 0 atom stereocenters. The van der Waals surface area contributed by atoms with Crippen molar-refractivity contribution in [2.75, 3.05) is 0 Å². The van der Waals surface area contributed by atoms with Crippen molar-refractivity contribution in [3.05, 3.63) is 18.0 Å². The maximum absolute atomic E-state index is 11.0. The molecule has 1 aromatic heterocycles. The Balaban J connectivity index is 2.27. The highest BCUT2D eigenvalue weighted by molar-refractivity contribution is 5.77. The molecule has 0 saturated heterocycles. The minimum Gasteiger partial charge on any atom is -0.300 e. The van der Waals surface area contributed by atoms with Crippen molar-refractivity contribution in [2.24, 2.45) is 0 Å². The molecule has 0 fully saturated rings. The zero-order valence-electron chi connectivity index (χ0n) is 8.99. The monoisotopic (exact) mass is 194 g/mol. The molecule has 3 nitrogen and oxygen atoms in total. The van der Waals surface area contributed by atoms with Crippen LogP contribution < -0.4 is 0 Å². The molecule has 1 aromatic rings. The number of ketones is 1. The van der Waals surface area contributed by atoms with Gasteiger partial charge in [-0.05, 0) is 25.3 Å². The molecule has 14 heavy (non-hydrogen) atoms. The Morgan fingerprint density at radius 3 is 2.86 bits per heavy atom. The van der Waals surface area contributed by atoms with Crippen LogP contribution in [0.3, 0.4) is 0 Å². The van der Waals surface area contributed by atoms with Crippen molar-refractivity contribution in [1.29, 1.82) is 0 Å². The molecule has 0 radical (unpaired) electrons. The third-order valence-corrected chi connectivity index (χ3v) is 2.33. The lowest BCUT2D eigenvalue weighted by atomic mass is 10.1. The van der Waals surface area contributed by atoms with E-state index in [1.54, 1.807) is 0 Å². The largest absolute Gasteiger partial charge is 0.300 e. The van der Waals surface area contributed by atoms with Gasteiger partial charge in [-0.1, -0.05) is 6.92 Å². The highest BCUT2D eigenvalue weighted by atomic mass is 16.1. The predicted octanol–water partition coefficient (Wildman–Crippen LogP) is 2.20.